The third kappa shape index (κ3) is 4.70. The smallest absolute Gasteiger partial charge is 0.323 e. The molecule has 0 spiro atoms. The van der Waals surface area contributed by atoms with Crippen LogP contribution in [-0.2, 0) is 0 Å². The Kier molecular flexibility index (Phi) is 5.34. The van der Waals surface area contributed by atoms with Crippen molar-refractivity contribution in [2.45, 2.75) is 13.8 Å². The average molecular weight is 368 g/mol. The third-order valence-corrected chi connectivity index (χ3v) is 4.05. The van der Waals surface area contributed by atoms with E-state index in [-0.39, 0.29) is 6.03 Å². The van der Waals surface area contributed by atoms with Crippen molar-refractivity contribution in [3.05, 3.63) is 70.9 Å². The van der Waals surface area contributed by atoms with Gasteiger partial charge in [-0.25, -0.2) is 4.79 Å². The van der Waals surface area contributed by atoms with Crippen LogP contribution in [0.5, 0.6) is 0 Å². The molecule has 0 aliphatic heterocycles. The van der Waals surface area contributed by atoms with Crippen molar-refractivity contribution in [2.75, 3.05) is 16.0 Å². The fourth-order valence-electron chi connectivity index (χ4n) is 2.21. The van der Waals surface area contributed by atoms with E-state index in [1.54, 1.807) is 24.3 Å². The SMILES string of the molecule is Cc1ccc(Nc2ccc(NC(=O)Nc3ccc(C)c(Cl)c3)cc2)nn1. The van der Waals surface area contributed by atoms with Crippen molar-refractivity contribution in [2.24, 2.45) is 0 Å². The largest absolute Gasteiger partial charge is 0.339 e. The molecule has 0 aliphatic rings. The van der Waals surface area contributed by atoms with Gasteiger partial charge >= 0.3 is 6.03 Å². The Morgan fingerprint density at radius 1 is 0.846 bits per heavy atom. The molecule has 0 bridgehead atoms. The number of nitrogens with zero attached hydrogens (tertiary/aromatic N) is 2. The van der Waals surface area contributed by atoms with Gasteiger partial charge in [-0.2, -0.15) is 5.10 Å². The van der Waals surface area contributed by atoms with Crippen molar-refractivity contribution in [3.8, 4) is 0 Å². The summed E-state index contributed by atoms with van der Waals surface area (Å²) in [6.07, 6.45) is 0. The number of carbonyl (C=O) groups excluding carboxylic acids is 1. The first-order valence-electron chi connectivity index (χ1n) is 8.01. The molecule has 1 heterocycles. The fraction of sp³-hybridized carbons (Fsp3) is 0.105. The summed E-state index contributed by atoms with van der Waals surface area (Å²) >= 11 is 6.06. The van der Waals surface area contributed by atoms with Gasteiger partial charge in [0.05, 0.1) is 5.69 Å². The average Bonchev–Trinajstić information content (AvgIpc) is 2.62. The summed E-state index contributed by atoms with van der Waals surface area (Å²) in [5.41, 5.74) is 3.96. The van der Waals surface area contributed by atoms with E-state index in [1.165, 1.54) is 0 Å². The summed E-state index contributed by atoms with van der Waals surface area (Å²) in [7, 11) is 0. The van der Waals surface area contributed by atoms with Crippen LogP contribution in [0.25, 0.3) is 0 Å². The molecule has 3 N–H and O–H groups in total. The lowest BCUT2D eigenvalue weighted by Gasteiger charge is -2.10. The number of halogens is 1. The zero-order valence-corrected chi connectivity index (χ0v) is 15.1. The summed E-state index contributed by atoms with van der Waals surface area (Å²) in [6, 6.07) is 16.1. The number of anilines is 4. The van der Waals surface area contributed by atoms with Crippen molar-refractivity contribution >= 4 is 40.5 Å². The van der Waals surface area contributed by atoms with E-state index in [9.17, 15) is 4.79 Å². The van der Waals surface area contributed by atoms with Gasteiger partial charge in [-0.1, -0.05) is 17.7 Å². The molecule has 0 radical (unpaired) electrons. The molecule has 0 saturated heterocycles. The molecule has 0 fully saturated rings. The van der Waals surface area contributed by atoms with Crippen LogP contribution in [0.1, 0.15) is 11.3 Å². The number of nitrogens with one attached hydrogen (secondary N) is 3. The molecule has 2 amide bonds. The van der Waals surface area contributed by atoms with Gasteiger partial charge in [-0.15, -0.1) is 5.10 Å². The monoisotopic (exact) mass is 367 g/mol. The van der Waals surface area contributed by atoms with Crippen LogP contribution in [0.15, 0.2) is 54.6 Å². The number of urea groups is 1. The van der Waals surface area contributed by atoms with Crippen LogP contribution in [0.4, 0.5) is 27.7 Å². The van der Waals surface area contributed by atoms with Gasteiger partial charge in [0, 0.05) is 22.1 Å². The Balaban J connectivity index is 1.58. The zero-order chi connectivity index (χ0) is 18.5. The van der Waals surface area contributed by atoms with Gasteiger partial charge in [0.1, 0.15) is 0 Å². The van der Waals surface area contributed by atoms with Crippen LogP contribution in [-0.4, -0.2) is 16.2 Å². The molecule has 3 rings (SSSR count). The summed E-state index contributed by atoms with van der Waals surface area (Å²) in [6.45, 7) is 3.79. The fourth-order valence-corrected chi connectivity index (χ4v) is 2.39. The number of rotatable bonds is 4. The number of amides is 2. The normalized spacial score (nSPS) is 10.3. The first-order chi connectivity index (χ1) is 12.5. The Morgan fingerprint density at radius 3 is 2.15 bits per heavy atom. The molecule has 132 valence electrons. The van der Waals surface area contributed by atoms with Crippen molar-refractivity contribution < 1.29 is 4.79 Å². The van der Waals surface area contributed by atoms with Crippen molar-refractivity contribution in [1.82, 2.24) is 10.2 Å². The Bertz CT molecular complexity index is 910. The van der Waals surface area contributed by atoms with Gasteiger partial charge in [0.15, 0.2) is 5.82 Å². The lowest BCUT2D eigenvalue weighted by atomic mass is 10.2. The van der Waals surface area contributed by atoms with E-state index in [0.29, 0.717) is 22.2 Å². The molecule has 0 unspecified atom stereocenters. The molecular formula is C19H18ClN5O. The maximum atomic E-state index is 12.1. The predicted molar refractivity (Wildman–Crippen MR) is 105 cm³/mol. The lowest BCUT2D eigenvalue weighted by Crippen LogP contribution is -2.19. The lowest BCUT2D eigenvalue weighted by molar-refractivity contribution is 0.262. The van der Waals surface area contributed by atoms with E-state index < -0.39 is 0 Å². The minimum Gasteiger partial charge on any atom is -0.339 e. The summed E-state index contributed by atoms with van der Waals surface area (Å²) in [5.74, 6) is 0.658. The van der Waals surface area contributed by atoms with Crippen LogP contribution in [0, 0.1) is 13.8 Å². The Morgan fingerprint density at radius 2 is 1.50 bits per heavy atom. The molecule has 1 aromatic heterocycles. The maximum absolute atomic E-state index is 12.1. The minimum atomic E-state index is -0.338. The van der Waals surface area contributed by atoms with Gasteiger partial charge in [0.25, 0.3) is 0 Å². The van der Waals surface area contributed by atoms with E-state index in [2.05, 4.69) is 26.1 Å². The van der Waals surface area contributed by atoms with Crippen molar-refractivity contribution in [3.63, 3.8) is 0 Å². The summed E-state index contributed by atoms with van der Waals surface area (Å²) in [5, 5.41) is 17.3. The number of hydrogen-bond acceptors (Lipinski definition) is 4. The molecule has 6 nitrogen and oxygen atoms in total. The van der Waals surface area contributed by atoms with Crippen LogP contribution >= 0.6 is 11.6 Å². The quantitative estimate of drug-likeness (QED) is 0.597. The highest BCUT2D eigenvalue weighted by atomic mass is 35.5. The highest BCUT2D eigenvalue weighted by Gasteiger charge is 2.05. The number of aryl methyl sites for hydroxylation is 2. The molecule has 0 atom stereocenters. The second-order valence-electron chi connectivity index (χ2n) is 5.81. The number of aromatic nitrogens is 2. The third-order valence-electron chi connectivity index (χ3n) is 3.64. The first-order valence-corrected chi connectivity index (χ1v) is 8.39. The van der Waals surface area contributed by atoms with Crippen molar-refractivity contribution in [1.29, 1.82) is 0 Å². The number of carbonyl (C=O) groups is 1. The minimum absolute atomic E-state index is 0.338. The van der Waals surface area contributed by atoms with E-state index in [0.717, 1.165) is 16.9 Å². The molecule has 2 aromatic carbocycles. The molecule has 7 heteroatoms. The maximum Gasteiger partial charge on any atom is 0.323 e. The van der Waals surface area contributed by atoms with Crippen LogP contribution in [0.3, 0.4) is 0 Å². The Hall–Kier alpha value is -3.12. The molecular weight excluding hydrogens is 350 g/mol. The number of hydrogen-bond donors (Lipinski definition) is 3. The highest BCUT2D eigenvalue weighted by Crippen LogP contribution is 2.21. The zero-order valence-electron chi connectivity index (χ0n) is 14.4. The topological polar surface area (TPSA) is 78.9 Å². The Labute approximate surface area is 156 Å². The summed E-state index contributed by atoms with van der Waals surface area (Å²) < 4.78 is 0. The standard InChI is InChI=1S/C19H18ClN5O/c1-12-3-5-16(11-17(12)20)23-19(26)22-15-8-6-14(7-9-15)21-18-10-4-13(2)24-25-18/h3-11H,1-2H3,(H,21,25)(H2,22,23,26). The second kappa shape index (κ2) is 7.84. The summed E-state index contributed by atoms with van der Waals surface area (Å²) in [4.78, 5) is 12.1. The van der Waals surface area contributed by atoms with Crippen LogP contribution < -0.4 is 16.0 Å². The second-order valence-corrected chi connectivity index (χ2v) is 6.21. The molecule has 0 saturated carbocycles. The molecule has 3 aromatic rings. The van der Waals surface area contributed by atoms with Gasteiger partial charge in [-0.05, 0) is 67.9 Å². The van der Waals surface area contributed by atoms with Gasteiger partial charge < -0.3 is 16.0 Å². The van der Waals surface area contributed by atoms with Gasteiger partial charge in [0.2, 0.25) is 0 Å². The van der Waals surface area contributed by atoms with E-state index in [1.807, 2.05) is 44.2 Å². The van der Waals surface area contributed by atoms with E-state index in [4.69, 9.17) is 11.6 Å². The number of benzene rings is 2. The molecule has 0 aliphatic carbocycles. The first kappa shape index (κ1) is 17.7. The van der Waals surface area contributed by atoms with Crippen LogP contribution in [0.2, 0.25) is 5.02 Å². The predicted octanol–water partition coefficient (Wildman–Crippen LogP) is 5.13. The van der Waals surface area contributed by atoms with E-state index >= 15 is 0 Å². The molecule has 26 heavy (non-hydrogen) atoms. The van der Waals surface area contributed by atoms with Gasteiger partial charge in [-0.3, -0.25) is 0 Å². The highest BCUT2D eigenvalue weighted by molar-refractivity contribution is 6.31.